The first-order chi connectivity index (χ1) is 11.8. The van der Waals surface area contributed by atoms with Crippen LogP contribution in [0.4, 0.5) is 18.9 Å². The summed E-state index contributed by atoms with van der Waals surface area (Å²) in [4.78, 5) is 27.1. The minimum atomic E-state index is -4.42. The summed E-state index contributed by atoms with van der Waals surface area (Å²) < 4.78 is 37.4. The molecule has 0 heterocycles. The zero-order chi connectivity index (χ0) is 18.4. The molecular weight excluding hydrogens is 331 g/mol. The number of rotatable bonds is 6. The zero-order valence-electron chi connectivity index (χ0n) is 13.1. The second-order valence-electron chi connectivity index (χ2n) is 5.58. The molecule has 0 fully saturated rings. The van der Waals surface area contributed by atoms with Crippen LogP contribution in [0.5, 0.6) is 0 Å². The molecule has 0 spiro atoms. The second kappa shape index (κ2) is 7.75. The van der Waals surface area contributed by atoms with E-state index in [-0.39, 0.29) is 30.8 Å². The third kappa shape index (κ3) is 5.57. The van der Waals surface area contributed by atoms with Crippen molar-refractivity contribution in [1.82, 2.24) is 0 Å². The van der Waals surface area contributed by atoms with E-state index in [0.717, 1.165) is 12.1 Å². The Labute approximate surface area is 142 Å². The largest absolute Gasteiger partial charge is 0.416 e. The Bertz CT molecular complexity index is 801. The van der Waals surface area contributed by atoms with Crippen LogP contribution in [0.2, 0.25) is 0 Å². The molecule has 0 aliphatic heterocycles. The minimum Gasteiger partial charge on any atom is -0.299 e. The molecule has 25 heavy (non-hydrogen) atoms. The van der Waals surface area contributed by atoms with Gasteiger partial charge in [-0.15, -0.1) is 0 Å². The fourth-order valence-corrected chi connectivity index (χ4v) is 2.30. The first-order valence-electron chi connectivity index (χ1n) is 7.44. The Morgan fingerprint density at radius 2 is 1.28 bits per heavy atom. The number of halogens is 3. The van der Waals surface area contributed by atoms with E-state index in [1.807, 2.05) is 0 Å². The number of hydrogen-bond acceptors (Lipinski definition) is 2. The van der Waals surface area contributed by atoms with Gasteiger partial charge in [0.1, 0.15) is 11.6 Å². The average Bonchev–Trinajstić information content (AvgIpc) is 2.55. The van der Waals surface area contributed by atoms with Crippen LogP contribution >= 0.6 is 0 Å². The van der Waals surface area contributed by atoms with Gasteiger partial charge in [0, 0.05) is 12.8 Å². The molecule has 0 unspecified atom stereocenters. The predicted molar refractivity (Wildman–Crippen MR) is 86.2 cm³/mol. The topological polar surface area (TPSA) is 38.5 Å². The Morgan fingerprint density at radius 3 is 1.68 bits per heavy atom. The average molecular weight is 345 g/mol. The summed E-state index contributed by atoms with van der Waals surface area (Å²) in [5, 5.41) is 0. The quantitative estimate of drug-likeness (QED) is 0.568. The van der Waals surface area contributed by atoms with Gasteiger partial charge in [0.2, 0.25) is 0 Å². The lowest BCUT2D eigenvalue weighted by molar-refractivity contribution is -0.137. The van der Waals surface area contributed by atoms with Gasteiger partial charge in [-0.2, -0.15) is 13.2 Å². The molecule has 6 heteroatoms. The van der Waals surface area contributed by atoms with E-state index in [1.54, 1.807) is 24.3 Å². The third-order valence-electron chi connectivity index (χ3n) is 3.54. The van der Waals surface area contributed by atoms with Gasteiger partial charge in [-0.1, -0.05) is 36.4 Å². The molecule has 0 amide bonds. The van der Waals surface area contributed by atoms with E-state index in [2.05, 4.69) is 4.85 Å². The van der Waals surface area contributed by atoms with Crippen molar-refractivity contribution in [3.05, 3.63) is 76.6 Å². The van der Waals surface area contributed by atoms with Gasteiger partial charge >= 0.3 is 6.18 Å². The molecule has 0 aliphatic rings. The Hall–Kier alpha value is -2.94. The fourth-order valence-electron chi connectivity index (χ4n) is 2.30. The van der Waals surface area contributed by atoms with Gasteiger partial charge in [-0.05, 0) is 23.3 Å². The van der Waals surface area contributed by atoms with Gasteiger partial charge < -0.3 is 0 Å². The molecule has 0 bridgehead atoms. The van der Waals surface area contributed by atoms with E-state index in [1.165, 1.54) is 12.1 Å². The smallest absolute Gasteiger partial charge is 0.299 e. The molecule has 0 saturated heterocycles. The molecule has 2 aromatic rings. The first-order valence-corrected chi connectivity index (χ1v) is 7.44. The van der Waals surface area contributed by atoms with Gasteiger partial charge in [-0.25, -0.2) is 4.85 Å². The zero-order valence-corrected chi connectivity index (χ0v) is 13.1. The molecule has 128 valence electrons. The van der Waals surface area contributed by atoms with Crippen LogP contribution in [0.25, 0.3) is 4.85 Å². The van der Waals surface area contributed by atoms with Crippen molar-refractivity contribution in [1.29, 1.82) is 0 Å². The maximum absolute atomic E-state index is 12.5. The van der Waals surface area contributed by atoms with Gasteiger partial charge in [-0.3, -0.25) is 9.59 Å². The highest BCUT2D eigenvalue weighted by Crippen LogP contribution is 2.29. The van der Waals surface area contributed by atoms with E-state index in [4.69, 9.17) is 6.57 Å². The maximum atomic E-state index is 12.5. The molecule has 0 N–H and O–H groups in total. The molecular formula is C19H14F3NO2. The fraction of sp³-hybridized carbons (Fsp3) is 0.211. The van der Waals surface area contributed by atoms with Crippen LogP contribution in [0.15, 0.2) is 48.5 Å². The summed E-state index contributed by atoms with van der Waals surface area (Å²) in [6.07, 6.45) is -4.69. The standard InChI is InChI=1S/C19H14F3NO2/c1-23-16-8-4-14(5-9-16)11-18(25)12-17(24)10-13-2-6-15(7-3-13)19(20,21)22/h2-9H,10-12H2. The normalized spacial score (nSPS) is 11.0. The summed E-state index contributed by atoms with van der Waals surface area (Å²) in [6.45, 7) is 6.85. The summed E-state index contributed by atoms with van der Waals surface area (Å²) in [6, 6.07) is 10.8. The minimum absolute atomic E-state index is 0.0804. The third-order valence-corrected chi connectivity index (χ3v) is 3.54. The number of nitrogens with zero attached hydrogens (tertiary/aromatic N) is 1. The summed E-state index contributed by atoms with van der Waals surface area (Å²) in [7, 11) is 0. The highest BCUT2D eigenvalue weighted by molar-refractivity contribution is 6.00. The van der Waals surface area contributed by atoms with Crippen LogP contribution in [0, 0.1) is 6.57 Å². The lowest BCUT2D eigenvalue weighted by Gasteiger charge is -2.07. The van der Waals surface area contributed by atoms with E-state index in [9.17, 15) is 22.8 Å². The second-order valence-corrected chi connectivity index (χ2v) is 5.58. The van der Waals surface area contributed by atoms with E-state index in [0.29, 0.717) is 16.8 Å². The molecule has 0 atom stereocenters. The lowest BCUT2D eigenvalue weighted by atomic mass is 10.0. The van der Waals surface area contributed by atoms with Crippen molar-refractivity contribution in [3.8, 4) is 0 Å². The Morgan fingerprint density at radius 1 is 0.840 bits per heavy atom. The highest BCUT2D eigenvalue weighted by atomic mass is 19.4. The first kappa shape index (κ1) is 18.4. The van der Waals surface area contributed by atoms with Crippen LogP contribution in [0.3, 0.4) is 0 Å². The molecule has 0 aromatic heterocycles. The number of alkyl halides is 3. The Balaban J connectivity index is 1.88. The maximum Gasteiger partial charge on any atom is 0.416 e. The number of carbonyl (C=O) groups excluding carboxylic acids is 2. The predicted octanol–water partition coefficient (Wildman–Crippen LogP) is 4.57. The summed E-state index contributed by atoms with van der Waals surface area (Å²) >= 11 is 0. The van der Waals surface area contributed by atoms with Crippen molar-refractivity contribution < 1.29 is 22.8 Å². The number of carbonyl (C=O) groups is 2. The highest BCUT2D eigenvalue weighted by Gasteiger charge is 2.29. The van der Waals surface area contributed by atoms with Gasteiger partial charge in [0.25, 0.3) is 0 Å². The van der Waals surface area contributed by atoms with Crippen LogP contribution in [-0.2, 0) is 28.6 Å². The van der Waals surface area contributed by atoms with E-state index >= 15 is 0 Å². The summed E-state index contributed by atoms with van der Waals surface area (Å²) in [5.41, 5.74) is 0.837. The van der Waals surface area contributed by atoms with Crippen molar-refractivity contribution in [3.63, 3.8) is 0 Å². The van der Waals surface area contributed by atoms with Gasteiger partial charge in [0.15, 0.2) is 5.69 Å². The van der Waals surface area contributed by atoms with Crippen molar-refractivity contribution >= 4 is 17.3 Å². The molecule has 0 aliphatic carbocycles. The number of Topliss-reactive ketones (excluding diaryl/α,β-unsaturated/α-hetero) is 2. The van der Waals surface area contributed by atoms with Crippen molar-refractivity contribution in [2.75, 3.05) is 0 Å². The molecule has 2 rings (SSSR count). The van der Waals surface area contributed by atoms with Crippen LogP contribution < -0.4 is 0 Å². The SMILES string of the molecule is [C-]#[N+]c1ccc(CC(=O)CC(=O)Cc2ccc(C(F)(F)F)cc2)cc1. The molecule has 2 aromatic carbocycles. The van der Waals surface area contributed by atoms with Crippen LogP contribution in [0.1, 0.15) is 23.1 Å². The molecule has 0 saturated carbocycles. The number of ketones is 2. The Kier molecular flexibility index (Phi) is 5.71. The van der Waals surface area contributed by atoms with E-state index < -0.39 is 11.7 Å². The number of hydrogen-bond donors (Lipinski definition) is 0. The number of benzene rings is 2. The molecule has 3 nitrogen and oxygen atoms in total. The van der Waals surface area contributed by atoms with Crippen molar-refractivity contribution in [2.24, 2.45) is 0 Å². The summed E-state index contributed by atoms with van der Waals surface area (Å²) in [5.74, 6) is -0.616. The molecule has 0 radical (unpaired) electrons. The van der Waals surface area contributed by atoms with Crippen LogP contribution in [-0.4, -0.2) is 11.6 Å². The monoisotopic (exact) mass is 345 g/mol. The lowest BCUT2D eigenvalue weighted by Crippen LogP contribution is -2.12. The van der Waals surface area contributed by atoms with Gasteiger partial charge in [0.05, 0.1) is 18.6 Å². The van der Waals surface area contributed by atoms with Crippen molar-refractivity contribution in [2.45, 2.75) is 25.4 Å².